The molecule has 0 amide bonds. The maximum absolute atomic E-state index is 12.7. The van der Waals surface area contributed by atoms with E-state index < -0.39 is 0 Å². The molecule has 4 nitrogen and oxygen atoms in total. The number of ketones is 2. The van der Waals surface area contributed by atoms with Gasteiger partial charge in [-0.1, -0.05) is 103 Å². The molecule has 0 aromatic heterocycles. The van der Waals surface area contributed by atoms with E-state index in [9.17, 15) is 9.59 Å². The summed E-state index contributed by atoms with van der Waals surface area (Å²) in [4.78, 5) is 32.7. The fourth-order valence-electron chi connectivity index (χ4n) is 4.62. The Hall–Kier alpha value is -2.07. The van der Waals surface area contributed by atoms with Crippen LogP contribution in [0.2, 0.25) is 0 Å². The Labute approximate surface area is 218 Å². The number of carbonyl (C=O) groups excluding carboxylic acids is 3. The van der Waals surface area contributed by atoms with Crippen molar-refractivity contribution in [2.75, 3.05) is 0 Å². The zero-order valence-corrected chi connectivity index (χ0v) is 23.5. The first-order valence-electron chi connectivity index (χ1n) is 13.3. The number of aryl methyl sites for hydroxylation is 2. The van der Waals surface area contributed by atoms with Crippen LogP contribution in [0.4, 0.5) is 0 Å². The largest absolute Gasteiger partial charge is 0.412 e. The van der Waals surface area contributed by atoms with E-state index in [1.165, 1.54) is 44.1 Å². The summed E-state index contributed by atoms with van der Waals surface area (Å²) in [5.74, 6) is 2.00. The van der Waals surface area contributed by atoms with E-state index in [0.717, 1.165) is 29.9 Å². The van der Waals surface area contributed by atoms with Gasteiger partial charge in [-0.2, -0.15) is 0 Å². The van der Waals surface area contributed by atoms with Gasteiger partial charge in [0, 0.05) is 21.3 Å². The van der Waals surface area contributed by atoms with Crippen molar-refractivity contribution in [3.63, 3.8) is 0 Å². The van der Waals surface area contributed by atoms with Crippen molar-refractivity contribution in [2.45, 2.75) is 113 Å². The molecule has 35 heavy (non-hydrogen) atoms. The molecule has 0 spiro atoms. The van der Waals surface area contributed by atoms with Crippen molar-refractivity contribution in [1.29, 1.82) is 0 Å². The zero-order valence-electron chi connectivity index (χ0n) is 23.5. The third-order valence-corrected chi connectivity index (χ3v) is 6.47. The highest BCUT2D eigenvalue weighted by Crippen LogP contribution is 2.33. The van der Waals surface area contributed by atoms with Gasteiger partial charge in [-0.05, 0) is 55.6 Å². The predicted molar refractivity (Wildman–Crippen MR) is 153 cm³/mol. The molecule has 0 aliphatic heterocycles. The number of Topliss-reactive ketones (excluding diaryl/α,β-unsaturated/α-hetero) is 1. The molecular weight excluding hydrogens is 436 g/mol. The van der Waals surface area contributed by atoms with Crippen molar-refractivity contribution < 1.29 is 22.7 Å². The minimum absolute atomic E-state index is 0. The first kappa shape index (κ1) is 35.1. The fourth-order valence-corrected chi connectivity index (χ4v) is 4.62. The van der Waals surface area contributed by atoms with Crippen LogP contribution in [0.5, 0.6) is 0 Å². The normalized spacial score (nSPS) is 17.7. The summed E-state index contributed by atoms with van der Waals surface area (Å²) in [6.45, 7) is 16.5. The second-order valence-corrected chi connectivity index (χ2v) is 10.6. The number of benzene rings is 1. The van der Waals surface area contributed by atoms with Crippen LogP contribution in [-0.4, -0.2) is 23.8 Å². The molecular formula is C31H56O4. The van der Waals surface area contributed by atoms with Crippen LogP contribution in [0.25, 0.3) is 0 Å². The molecule has 1 fully saturated rings. The zero-order chi connectivity index (χ0) is 26.1. The quantitative estimate of drug-likeness (QED) is 0.197. The molecule has 2 unspecified atom stereocenters. The molecule has 204 valence electrons. The summed E-state index contributed by atoms with van der Waals surface area (Å²) in [6.07, 6.45) is 14.7. The van der Waals surface area contributed by atoms with E-state index in [0.29, 0.717) is 24.5 Å². The molecule has 4 heteroatoms. The van der Waals surface area contributed by atoms with Gasteiger partial charge < -0.3 is 10.3 Å². The van der Waals surface area contributed by atoms with E-state index in [1.54, 1.807) is 6.08 Å². The lowest BCUT2D eigenvalue weighted by molar-refractivity contribution is -0.114. The molecule has 1 aliphatic carbocycles. The minimum atomic E-state index is 0. The standard InChI is InChI=1S/C28H42O2.C2H6.CH2O.H2O.2H2/c1-21-12-16-26(22(2)20-21)27(30)17-15-24-9-6-8-23(13-14-24)10-7-11-25(29)18-19-28(3,4)5;2*1-2;;;/h12,16,18-20,23-24H,6-11,13-15,17H2,1-5H3;1-2H3;1H2;1H2;2*1H/b19-18-;;;;;. The van der Waals surface area contributed by atoms with Crippen molar-refractivity contribution in [1.82, 2.24) is 0 Å². The Balaban J connectivity index is -0.000000740. The number of rotatable bonds is 9. The lowest BCUT2D eigenvalue weighted by atomic mass is 9.90. The Kier molecular flexibility index (Phi) is 19.2. The monoisotopic (exact) mass is 492 g/mol. The van der Waals surface area contributed by atoms with Crippen molar-refractivity contribution in [2.24, 2.45) is 17.3 Å². The minimum Gasteiger partial charge on any atom is -0.412 e. The second kappa shape index (κ2) is 19.2. The highest BCUT2D eigenvalue weighted by atomic mass is 16.1. The van der Waals surface area contributed by atoms with E-state index in [4.69, 9.17) is 4.79 Å². The molecule has 1 aromatic rings. The van der Waals surface area contributed by atoms with Gasteiger partial charge in [-0.3, -0.25) is 9.59 Å². The topological polar surface area (TPSA) is 82.7 Å². The molecule has 0 heterocycles. The molecule has 2 rings (SSSR count). The van der Waals surface area contributed by atoms with E-state index in [2.05, 4.69) is 33.8 Å². The average Bonchev–Trinajstić information content (AvgIpc) is 3.03. The van der Waals surface area contributed by atoms with Gasteiger partial charge in [0.15, 0.2) is 11.6 Å². The highest BCUT2D eigenvalue weighted by molar-refractivity contribution is 5.97. The first-order chi connectivity index (χ1) is 16.1. The summed E-state index contributed by atoms with van der Waals surface area (Å²) in [5, 5.41) is 0. The molecule has 1 aliphatic rings. The lowest BCUT2D eigenvalue weighted by Crippen LogP contribution is -2.07. The Morgan fingerprint density at radius 3 is 2.09 bits per heavy atom. The SMILES string of the molecule is C=O.CC.Cc1ccc(C(=O)CCC2CCCC(CCCC(=O)/C=C\C(C)(C)C)CC2)c(C)c1.O.[HH].[HH]. The van der Waals surface area contributed by atoms with Gasteiger partial charge in [0.1, 0.15) is 6.79 Å². The second-order valence-electron chi connectivity index (χ2n) is 10.6. The van der Waals surface area contributed by atoms with Gasteiger partial charge in [0.25, 0.3) is 0 Å². The lowest BCUT2D eigenvalue weighted by Gasteiger charge is -2.15. The van der Waals surface area contributed by atoms with Crippen LogP contribution in [0, 0.1) is 31.1 Å². The molecule has 2 atom stereocenters. The third kappa shape index (κ3) is 15.5. The molecule has 1 aromatic carbocycles. The summed E-state index contributed by atoms with van der Waals surface area (Å²) in [7, 11) is 0. The highest BCUT2D eigenvalue weighted by Gasteiger charge is 2.20. The summed E-state index contributed by atoms with van der Waals surface area (Å²) in [6, 6.07) is 6.14. The maximum Gasteiger partial charge on any atom is 0.163 e. The number of carbonyl (C=O) groups is 3. The fraction of sp³-hybridized carbons (Fsp3) is 0.645. The van der Waals surface area contributed by atoms with Crippen LogP contribution < -0.4 is 0 Å². The Bertz CT molecular complexity index is 769. The summed E-state index contributed by atoms with van der Waals surface area (Å²) >= 11 is 0. The number of allylic oxidation sites excluding steroid dienone is 2. The maximum atomic E-state index is 12.7. The van der Waals surface area contributed by atoms with Crippen LogP contribution >= 0.6 is 0 Å². The van der Waals surface area contributed by atoms with Crippen LogP contribution in [0.15, 0.2) is 30.4 Å². The number of hydrogen-bond acceptors (Lipinski definition) is 3. The van der Waals surface area contributed by atoms with Crippen molar-refractivity contribution in [3.05, 3.63) is 47.0 Å². The predicted octanol–water partition coefficient (Wildman–Crippen LogP) is 8.31. The third-order valence-electron chi connectivity index (χ3n) is 6.47. The van der Waals surface area contributed by atoms with Gasteiger partial charge in [-0.15, -0.1) is 0 Å². The molecule has 0 radical (unpaired) electrons. The van der Waals surface area contributed by atoms with Crippen molar-refractivity contribution >= 4 is 18.4 Å². The Morgan fingerprint density at radius 1 is 0.971 bits per heavy atom. The summed E-state index contributed by atoms with van der Waals surface area (Å²) in [5.41, 5.74) is 3.29. The van der Waals surface area contributed by atoms with Gasteiger partial charge in [-0.25, -0.2) is 0 Å². The first-order valence-corrected chi connectivity index (χ1v) is 13.3. The molecule has 2 N–H and O–H groups in total. The summed E-state index contributed by atoms with van der Waals surface area (Å²) < 4.78 is 0. The molecule has 0 bridgehead atoms. The molecule has 0 saturated heterocycles. The van der Waals surface area contributed by atoms with Crippen molar-refractivity contribution in [3.8, 4) is 0 Å². The van der Waals surface area contributed by atoms with Crippen LogP contribution in [0.3, 0.4) is 0 Å². The van der Waals surface area contributed by atoms with E-state index in [1.807, 2.05) is 45.8 Å². The van der Waals surface area contributed by atoms with E-state index >= 15 is 0 Å². The average molecular weight is 493 g/mol. The van der Waals surface area contributed by atoms with E-state index in [-0.39, 0.29) is 19.5 Å². The van der Waals surface area contributed by atoms with Crippen LogP contribution in [-0.2, 0) is 9.59 Å². The smallest absolute Gasteiger partial charge is 0.163 e. The molecule has 1 saturated carbocycles. The number of hydrogen-bond donors (Lipinski definition) is 0. The van der Waals surface area contributed by atoms with Gasteiger partial charge >= 0.3 is 0 Å². The van der Waals surface area contributed by atoms with Gasteiger partial charge in [0.05, 0.1) is 0 Å². The van der Waals surface area contributed by atoms with Crippen LogP contribution in [0.1, 0.15) is 123 Å². The Morgan fingerprint density at radius 2 is 1.54 bits per heavy atom. The van der Waals surface area contributed by atoms with Gasteiger partial charge in [0.2, 0.25) is 0 Å².